The number of halogens is 1. The van der Waals surface area contributed by atoms with E-state index in [4.69, 9.17) is 16.3 Å². The average Bonchev–Trinajstić information content (AvgIpc) is 2.27. The maximum atomic E-state index is 11.3. The van der Waals surface area contributed by atoms with Gasteiger partial charge in [0.2, 0.25) is 0 Å². The number of hydrogen-bond acceptors (Lipinski definition) is 3. The van der Waals surface area contributed by atoms with E-state index in [1.807, 2.05) is 0 Å². The lowest BCUT2D eigenvalue weighted by atomic mass is 10.4. The molecule has 1 heterocycles. The highest BCUT2D eigenvalue weighted by atomic mass is 35.5. The van der Waals surface area contributed by atoms with E-state index in [0.29, 0.717) is 23.0 Å². The summed E-state index contributed by atoms with van der Waals surface area (Å²) in [7, 11) is 1.66. The zero-order valence-electron chi connectivity index (χ0n) is 7.80. The summed E-state index contributed by atoms with van der Waals surface area (Å²) in [5.74, 6) is -0.435. The van der Waals surface area contributed by atoms with Gasteiger partial charge in [-0.2, -0.15) is 5.10 Å². The minimum absolute atomic E-state index is 0.306. The van der Waals surface area contributed by atoms with Crippen LogP contribution < -0.4 is 0 Å². The molecular formula is C8H11ClN2O2. The van der Waals surface area contributed by atoms with Crippen LogP contribution in [0.3, 0.4) is 0 Å². The molecule has 0 fully saturated rings. The Hall–Kier alpha value is -1.03. The molecule has 0 aliphatic rings. The van der Waals surface area contributed by atoms with Crippen molar-refractivity contribution in [3.63, 3.8) is 0 Å². The van der Waals surface area contributed by atoms with Gasteiger partial charge in [0.15, 0.2) is 5.69 Å². The number of aryl methyl sites for hydroxylation is 2. The zero-order valence-corrected chi connectivity index (χ0v) is 8.55. The Labute approximate surface area is 81.4 Å². The van der Waals surface area contributed by atoms with Gasteiger partial charge < -0.3 is 4.74 Å². The molecule has 0 N–H and O–H groups in total. The fourth-order valence-electron chi connectivity index (χ4n) is 1.05. The molecule has 1 aromatic heterocycles. The number of hydrogen-bond donors (Lipinski definition) is 0. The van der Waals surface area contributed by atoms with Crippen molar-refractivity contribution < 1.29 is 9.53 Å². The van der Waals surface area contributed by atoms with Crippen LogP contribution in [0.4, 0.5) is 0 Å². The van der Waals surface area contributed by atoms with Gasteiger partial charge in [-0.1, -0.05) is 11.6 Å². The van der Waals surface area contributed by atoms with Gasteiger partial charge in [0.05, 0.1) is 17.3 Å². The van der Waals surface area contributed by atoms with Gasteiger partial charge in [-0.25, -0.2) is 4.79 Å². The predicted octanol–water partition coefficient (Wildman–Crippen LogP) is 1.56. The van der Waals surface area contributed by atoms with E-state index in [1.54, 1.807) is 20.9 Å². The summed E-state index contributed by atoms with van der Waals surface area (Å²) in [5.41, 5.74) is 0.938. The summed E-state index contributed by atoms with van der Waals surface area (Å²) in [6.07, 6.45) is 0. The van der Waals surface area contributed by atoms with E-state index in [1.165, 1.54) is 4.68 Å². The van der Waals surface area contributed by atoms with Crippen LogP contribution in [0, 0.1) is 6.92 Å². The second-order valence-electron chi connectivity index (χ2n) is 2.59. The Bertz CT molecular complexity index is 333. The van der Waals surface area contributed by atoms with E-state index >= 15 is 0 Å². The van der Waals surface area contributed by atoms with Crippen molar-refractivity contribution >= 4 is 17.6 Å². The average molecular weight is 203 g/mol. The highest BCUT2D eigenvalue weighted by Gasteiger charge is 2.19. The number of ether oxygens (including phenoxy) is 1. The monoisotopic (exact) mass is 202 g/mol. The van der Waals surface area contributed by atoms with Gasteiger partial charge in [0, 0.05) is 7.05 Å². The van der Waals surface area contributed by atoms with Crippen LogP contribution in [0.2, 0.25) is 5.02 Å². The summed E-state index contributed by atoms with van der Waals surface area (Å²) in [6, 6.07) is 0. The van der Waals surface area contributed by atoms with Gasteiger partial charge in [-0.3, -0.25) is 4.68 Å². The smallest absolute Gasteiger partial charge is 0.358 e. The molecule has 0 radical (unpaired) electrons. The van der Waals surface area contributed by atoms with Crippen LogP contribution in [-0.4, -0.2) is 22.4 Å². The molecule has 13 heavy (non-hydrogen) atoms. The van der Waals surface area contributed by atoms with Gasteiger partial charge in [-0.15, -0.1) is 0 Å². The Kier molecular flexibility index (Phi) is 2.93. The van der Waals surface area contributed by atoms with E-state index in [9.17, 15) is 4.79 Å². The van der Waals surface area contributed by atoms with Crippen LogP contribution >= 0.6 is 11.6 Å². The number of rotatable bonds is 2. The molecule has 0 amide bonds. The van der Waals surface area contributed by atoms with Gasteiger partial charge in [0.1, 0.15) is 0 Å². The fourth-order valence-corrected chi connectivity index (χ4v) is 1.29. The Morgan fingerprint density at radius 2 is 2.31 bits per heavy atom. The molecule has 0 bridgehead atoms. The minimum Gasteiger partial charge on any atom is -0.461 e. The zero-order chi connectivity index (χ0) is 10.0. The van der Waals surface area contributed by atoms with Crippen LogP contribution in [-0.2, 0) is 11.8 Å². The Balaban J connectivity index is 3.06. The third kappa shape index (κ3) is 1.83. The number of aromatic nitrogens is 2. The summed E-state index contributed by atoms with van der Waals surface area (Å²) in [6.45, 7) is 3.82. The lowest BCUT2D eigenvalue weighted by molar-refractivity contribution is 0.0514. The normalized spacial score (nSPS) is 10.2. The third-order valence-electron chi connectivity index (χ3n) is 1.62. The SMILES string of the molecule is CCOC(=O)c1c(Cl)c(C)nn1C. The molecular weight excluding hydrogens is 192 g/mol. The molecule has 5 heteroatoms. The fraction of sp³-hybridized carbons (Fsp3) is 0.500. The van der Waals surface area contributed by atoms with Crippen LogP contribution in [0.1, 0.15) is 23.1 Å². The second kappa shape index (κ2) is 3.79. The summed E-state index contributed by atoms with van der Waals surface area (Å²) < 4.78 is 6.24. The van der Waals surface area contributed by atoms with E-state index in [2.05, 4.69) is 5.10 Å². The van der Waals surface area contributed by atoms with Crippen molar-refractivity contribution in [3.8, 4) is 0 Å². The first-order chi connectivity index (χ1) is 6.07. The highest BCUT2D eigenvalue weighted by molar-refractivity contribution is 6.33. The van der Waals surface area contributed by atoms with Crippen molar-refractivity contribution in [1.29, 1.82) is 0 Å². The van der Waals surface area contributed by atoms with Crippen LogP contribution in [0.25, 0.3) is 0 Å². The van der Waals surface area contributed by atoms with E-state index < -0.39 is 5.97 Å². The maximum Gasteiger partial charge on any atom is 0.358 e. The third-order valence-corrected chi connectivity index (χ3v) is 2.07. The van der Waals surface area contributed by atoms with Gasteiger partial charge in [-0.05, 0) is 13.8 Å². The molecule has 0 aromatic carbocycles. The lowest BCUT2D eigenvalue weighted by Gasteiger charge is -2.01. The van der Waals surface area contributed by atoms with Crippen LogP contribution in [0.5, 0.6) is 0 Å². The Morgan fingerprint density at radius 3 is 2.69 bits per heavy atom. The largest absolute Gasteiger partial charge is 0.461 e. The predicted molar refractivity (Wildman–Crippen MR) is 48.9 cm³/mol. The number of nitrogens with zero attached hydrogens (tertiary/aromatic N) is 2. The summed E-state index contributed by atoms with van der Waals surface area (Å²) in [5, 5.41) is 4.36. The quantitative estimate of drug-likeness (QED) is 0.684. The van der Waals surface area contributed by atoms with Crippen molar-refractivity contribution in [1.82, 2.24) is 9.78 Å². The highest BCUT2D eigenvalue weighted by Crippen LogP contribution is 2.19. The molecule has 0 atom stereocenters. The topological polar surface area (TPSA) is 44.1 Å². The second-order valence-corrected chi connectivity index (χ2v) is 2.97. The van der Waals surface area contributed by atoms with E-state index in [-0.39, 0.29) is 0 Å². The van der Waals surface area contributed by atoms with Crippen molar-refractivity contribution in [2.75, 3.05) is 6.61 Å². The molecule has 72 valence electrons. The summed E-state index contributed by atoms with van der Waals surface area (Å²) >= 11 is 5.86. The Morgan fingerprint density at radius 1 is 1.69 bits per heavy atom. The molecule has 4 nitrogen and oxygen atoms in total. The molecule has 0 spiro atoms. The first kappa shape index (κ1) is 10.1. The maximum absolute atomic E-state index is 11.3. The number of carbonyl (C=O) groups is 1. The molecule has 1 rings (SSSR count). The molecule has 0 aliphatic carbocycles. The first-order valence-corrected chi connectivity index (χ1v) is 4.32. The number of esters is 1. The summed E-state index contributed by atoms with van der Waals surface area (Å²) in [4.78, 5) is 11.3. The standard InChI is InChI=1S/C8H11ClN2O2/c1-4-13-8(12)7-6(9)5(2)10-11(7)3/h4H2,1-3H3. The van der Waals surface area contributed by atoms with E-state index in [0.717, 1.165) is 0 Å². The molecule has 0 saturated carbocycles. The lowest BCUT2D eigenvalue weighted by Crippen LogP contribution is -2.10. The van der Waals surface area contributed by atoms with Crippen LogP contribution in [0.15, 0.2) is 0 Å². The molecule has 0 saturated heterocycles. The molecule has 1 aromatic rings. The first-order valence-electron chi connectivity index (χ1n) is 3.94. The van der Waals surface area contributed by atoms with Crippen molar-refractivity contribution in [3.05, 3.63) is 16.4 Å². The molecule has 0 unspecified atom stereocenters. The molecule has 0 aliphatic heterocycles. The van der Waals surface area contributed by atoms with Crippen molar-refractivity contribution in [2.24, 2.45) is 7.05 Å². The number of carbonyl (C=O) groups excluding carboxylic acids is 1. The van der Waals surface area contributed by atoms with Gasteiger partial charge in [0.25, 0.3) is 0 Å². The van der Waals surface area contributed by atoms with Crippen molar-refractivity contribution in [2.45, 2.75) is 13.8 Å². The van der Waals surface area contributed by atoms with Gasteiger partial charge >= 0.3 is 5.97 Å². The minimum atomic E-state index is -0.435.